The smallest absolute Gasteiger partial charge is 0.166 e. The maximum Gasteiger partial charge on any atom is 0.166 e. The van der Waals surface area contributed by atoms with Gasteiger partial charge in [0.1, 0.15) is 1.41 Å². The molecule has 3 atom stereocenters. The summed E-state index contributed by atoms with van der Waals surface area (Å²) in [4.78, 5) is 12.6. The second-order valence-electron chi connectivity index (χ2n) is 5.81. The van der Waals surface area contributed by atoms with Crippen molar-refractivity contribution in [2.75, 3.05) is 13.1 Å². The van der Waals surface area contributed by atoms with Crippen LogP contribution in [0.4, 0.5) is 0 Å². The molecule has 21 heavy (non-hydrogen) atoms. The topological polar surface area (TPSA) is 47.6 Å². The van der Waals surface area contributed by atoms with Crippen molar-refractivity contribution in [2.24, 2.45) is 11.8 Å². The van der Waals surface area contributed by atoms with Gasteiger partial charge in [-0.2, -0.15) is 0 Å². The average Bonchev–Trinajstić information content (AvgIpc) is 2.83. The first kappa shape index (κ1) is 13.9. The second kappa shape index (κ2) is 6.60. The molecular formula is C15H21NO3P2. The zero-order chi connectivity index (χ0) is 15.7. The Hall–Kier alpha value is -0.690. The normalized spacial score (nSPS) is 23.8. The summed E-state index contributed by atoms with van der Waals surface area (Å²) in [6, 6.07) is 3.70. The van der Waals surface area contributed by atoms with Crippen LogP contribution in [-0.2, 0) is 6.42 Å². The zero-order valence-corrected chi connectivity index (χ0v) is 14.2. The summed E-state index contributed by atoms with van der Waals surface area (Å²) in [6.45, 7) is 1.63. The van der Waals surface area contributed by atoms with Crippen LogP contribution in [0.15, 0.2) is 12.1 Å². The quantitative estimate of drug-likeness (QED) is 0.864. The molecule has 0 saturated carbocycles. The van der Waals surface area contributed by atoms with Gasteiger partial charge in [0.15, 0.2) is 17.3 Å². The Morgan fingerprint density at radius 2 is 1.90 bits per heavy atom. The van der Waals surface area contributed by atoms with Gasteiger partial charge in [-0.05, 0) is 62.4 Å². The summed E-state index contributed by atoms with van der Waals surface area (Å²) >= 11 is 0. The van der Waals surface area contributed by atoms with Crippen LogP contribution in [-0.4, -0.2) is 18.9 Å². The number of benzene rings is 1. The Morgan fingerprint density at radius 3 is 2.57 bits per heavy atom. The molecule has 1 heterocycles. The third-order valence-electron chi connectivity index (χ3n) is 4.53. The second-order valence-corrected chi connectivity index (χ2v) is 6.28. The highest BCUT2D eigenvalue weighted by atomic mass is 31.0. The Morgan fingerprint density at radius 1 is 1.24 bits per heavy atom. The lowest BCUT2D eigenvalue weighted by atomic mass is 9.86. The molecule has 6 heteroatoms. The summed E-state index contributed by atoms with van der Waals surface area (Å²) < 4.78 is 18.1. The van der Waals surface area contributed by atoms with Crippen molar-refractivity contribution in [3.05, 3.63) is 23.3 Å². The highest BCUT2D eigenvalue weighted by Crippen LogP contribution is 2.40. The van der Waals surface area contributed by atoms with E-state index in [1.165, 1.54) is 0 Å². The fourth-order valence-corrected chi connectivity index (χ4v) is 3.76. The number of piperidine rings is 1. The van der Waals surface area contributed by atoms with Crippen LogP contribution in [0.1, 0.15) is 35.2 Å². The van der Waals surface area contributed by atoms with Crippen LogP contribution >= 0.6 is 18.9 Å². The minimum absolute atomic E-state index is 0.0643. The molecule has 0 radical (unpaired) electrons. The minimum Gasteiger partial charge on any atom is -0.476 e. The van der Waals surface area contributed by atoms with E-state index < -0.39 is 0 Å². The first-order valence-corrected chi connectivity index (χ1v) is 8.25. The molecule has 1 fully saturated rings. The Bertz CT molecular complexity index is 576. The highest BCUT2D eigenvalue weighted by Gasteiger charge is 2.33. The van der Waals surface area contributed by atoms with Crippen molar-refractivity contribution < 1.29 is 15.3 Å². The van der Waals surface area contributed by atoms with Crippen LogP contribution in [0.25, 0.3) is 0 Å². The third-order valence-corrected chi connectivity index (χ3v) is 5.04. The van der Waals surface area contributed by atoms with Gasteiger partial charge in [0.2, 0.25) is 0 Å². The summed E-state index contributed by atoms with van der Waals surface area (Å²) in [6.07, 6.45) is 3.75. The van der Waals surface area contributed by atoms with Crippen molar-refractivity contribution >= 4 is 24.7 Å². The average molecular weight is 327 g/mol. The Kier molecular flexibility index (Phi) is 4.38. The fraction of sp³-hybridized carbons (Fsp3) is 0.533. The Balaban J connectivity index is 1.73. The number of Topliss-reactive ketones (excluding diaryl/α,β-unsaturated/α-hetero) is 1. The molecule has 0 spiro atoms. The fourth-order valence-electron chi connectivity index (χ4n) is 3.39. The number of fused-ring (bicyclic) bond motifs is 1. The summed E-state index contributed by atoms with van der Waals surface area (Å²) in [5.41, 5.74) is 1.82. The van der Waals surface area contributed by atoms with Crippen molar-refractivity contribution in [1.29, 1.82) is 0 Å². The van der Waals surface area contributed by atoms with Crippen molar-refractivity contribution in [3.63, 3.8) is 0 Å². The third kappa shape index (κ3) is 3.08. The van der Waals surface area contributed by atoms with E-state index >= 15 is 0 Å². The molecule has 1 aromatic carbocycles. The van der Waals surface area contributed by atoms with Crippen molar-refractivity contribution in [3.8, 4) is 11.5 Å². The minimum atomic E-state index is 0.0643. The van der Waals surface area contributed by atoms with E-state index in [-0.39, 0.29) is 11.7 Å². The molecule has 2 aliphatic rings. The molecule has 114 valence electrons. The molecule has 1 saturated heterocycles. The van der Waals surface area contributed by atoms with E-state index in [1.54, 1.807) is 11.4 Å². The maximum atomic E-state index is 12.6. The van der Waals surface area contributed by atoms with E-state index in [0.717, 1.165) is 49.9 Å². The van der Waals surface area contributed by atoms with Crippen LogP contribution < -0.4 is 14.4 Å². The molecule has 3 unspecified atom stereocenters. The summed E-state index contributed by atoms with van der Waals surface area (Å²) in [5.74, 6) is 2.04. The molecule has 1 aromatic rings. The van der Waals surface area contributed by atoms with Crippen LogP contribution in [0.3, 0.4) is 0 Å². The first-order chi connectivity index (χ1) is 10.6. The monoisotopic (exact) mass is 327 g/mol. The van der Waals surface area contributed by atoms with Crippen molar-refractivity contribution in [2.45, 2.75) is 25.7 Å². The van der Waals surface area contributed by atoms with Crippen LogP contribution in [0.5, 0.6) is 11.5 Å². The molecule has 0 bridgehead atoms. The number of carbonyl (C=O) groups excluding carboxylic acids is 1. The first-order valence-electron chi connectivity index (χ1n) is 7.75. The van der Waals surface area contributed by atoms with E-state index in [2.05, 4.69) is 18.9 Å². The number of carbonyl (C=O) groups is 1. The molecule has 0 aromatic heterocycles. The molecule has 4 nitrogen and oxygen atoms in total. The predicted octanol–water partition coefficient (Wildman–Crippen LogP) is 2.77. The molecule has 3 rings (SSSR count). The molecule has 1 aliphatic heterocycles. The number of hydrogen-bond donors (Lipinski definition) is 1. The van der Waals surface area contributed by atoms with Gasteiger partial charge >= 0.3 is 0 Å². The Labute approximate surface area is 131 Å². The lowest BCUT2D eigenvalue weighted by Crippen LogP contribution is -2.29. The number of hydrogen-bond acceptors (Lipinski definition) is 4. The molecule has 1 aliphatic carbocycles. The van der Waals surface area contributed by atoms with Gasteiger partial charge in [0, 0.05) is 11.5 Å². The maximum absolute atomic E-state index is 12.6. The largest absolute Gasteiger partial charge is 0.476 e. The van der Waals surface area contributed by atoms with E-state index in [9.17, 15) is 4.79 Å². The highest BCUT2D eigenvalue weighted by molar-refractivity contribution is 7.10. The van der Waals surface area contributed by atoms with Gasteiger partial charge in [0.25, 0.3) is 0 Å². The van der Waals surface area contributed by atoms with Gasteiger partial charge in [-0.15, -0.1) is 0 Å². The molecule has 0 amide bonds. The SMILES string of the molecule is [3H]N1CCC(CC2Cc3cc(OP)c(OP)cc3C2=O)CC1. The van der Waals surface area contributed by atoms with Gasteiger partial charge in [-0.25, -0.2) is 0 Å². The van der Waals surface area contributed by atoms with Crippen LogP contribution in [0, 0.1) is 11.8 Å². The summed E-state index contributed by atoms with van der Waals surface area (Å²) in [7, 11) is 4.41. The van der Waals surface area contributed by atoms with Gasteiger partial charge in [-0.1, -0.05) is 0 Å². The van der Waals surface area contributed by atoms with Crippen molar-refractivity contribution in [1.82, 2.24) is 5.31 Å². The van der Waals surface area contributed by atoms with Gasteiger partial charge in [0.05, 0.1) is 18.9 Å². The van der Waals surface area contributed by atoms with E-state index in [0.29, 0.717) is 17.4 Å². The number of nitrogens with one attached hydrogen (secondary N) is 1. The molecule has 1 N–H and O–H groups in total. The van der Waals surface area contributed by atoms with E-state index in [4.69, 9.17) is 10.5 Å². The molecular weight excluding hydrogens is 304 g/mol. The predicted molar refractivity (Wildman–Crippen MR) is 88.9 cm³/mol. The zero-order valence-electron chi connectivity index (χ0n) is 12.9. The lowest BCUT2D eigenvalue weighted by Gasteiger charge is -2.24. The van der Waals surface area contributed by atoms with E-state index in [1.807, 2.05) is 6.07 Å². The van der Waals surface area contributed by atoms with Crippen LogP contribution in [0.2, 0.25) is 1.41 Å². The summed E-state index contributed by atoms with van der Waals surface area (Å²) in [5, 5.41) is 1.62. The number of ketones is 1. The standard InChI is InChI=1S/C15H21NO3P2/c17-15-11(5-9-1-3-16-4-2-9)6-10-7-13(18-20)14(19-21)8-12(10)15/h7-9,11,16H,1-6,20-21H2/i/hT. The lowest BCUT2D eigenvalue weighted by molar-refractivity contribution is 0.0913. The van der Waals surface area contributed by atoms with Gasteiger partial charge in [-0.3, -0.25) is 4.79 Å². The van der Waals surface area contributed by atoms with Gasteiger partial charge < -0.3 is 14.4 Å². The number of rotatable bonds is 4.